The number of ether oxygens (including phenoxy) is 1. The Morgan fingerprint density at radius 2 is 2.00 bits per heavy atom. The molecule has 0 saturated heterocycles. The lowest BCUT2D eigenvalue weighted by Crippen LogP contribution is -2.26. The Hall–Kier alpha value is -3.01. The molecule has 0 aliphatic carbocycles. The molecule has 1 amide bonds. The molecular formula is C19H19ClF3N5O2. The zero-order chi connectivity index (χ0) is 21.7. The standard InChI is InChI=1S/C19H19ClF3N5O2/c1-13-11-17(19(21,22)23)26-28(13)9-4-8-24-18(29)15-7-10-27(25-15)12-30-16-6-3-2-5-14(16)20/h2-3,5-7,10-11H,4,8-9,12H2,1H3,(H,24,29). The number of alkyl halides is 3. The van der Waals surface area contributed by atoms with Crippen LogP contribution in [0.15, 0.2) is 42.6 Å². The second kappa shape index (κ2) is 9.21. The predicted molar refractivity (Wildman–Crippen MR) is 103 cm³/mol. The first-order valence-electron chi connectivity index (χ1n) is 9.04. The van der Waals surface area contributed by atoms with Gasteiger partial charge in [-0.3, -0.25) is 9.48 Å². The summed E-state index contributed by atoms with van der Waals surface area (Å²) in [5, 5.41) is 10.8. The Morgan fingerprint density at radius 3 is 2.70 bits per heavy atom. The minimum Gasteiger partial charge on any atom is -0.470 e. The highest BCUT2D eigenvalue weighted by atomic mass is 35.5. The van der Waals surface area contributed by atoms with Gasteiger partial charge in [0.05, 0.1) is 5.02 Å². The minimum absolute atomic E-state index is 0.0805. The molecule has 0 atom stereocenters. The quantitative estimate of drug-likeness (QED) is 0.538. The van der Waals surface area contributed by atoms with E-state index < -0.39 is 11.9 Å². The molecule has 0 saturated carbocycles. The lowest BCUT2D eigenvalue weighted by Gasteiger charge is -2.07. The van der Waals surface area contributed by atoms with Gasteiger partial charge in [-0.2, -0.15) is 23.4 Å². The fraction of sp³-hybridized carbons (Fsp3) is 0.316. The molecule has 11 heteroatoms. The molecule has 0 aliphatic heterocycles. The van der Waals surface area contributed by atoms with Crippen molar-refractivity contribution in [1.82, 2.24) is 24.9 Å². The highest BCUT2D eigenvalue weighted by molar-refractivity contribution is 6.32. The van der Waals surface area contributed by atoms with E-state index in [1.807, 2.05) is 0 Å². The third-order valence-corrected chi connectivity index (χ3v) is 4.48. The second-order valence-corrected chi connectivity index (χ2v) is 6.85. The normalized spacial score (nSPS) is 11.5. The van der Waals surface area contributed by atoms with E-state index in [1.165, 1.54) is 9.36 Å². The number of aromatic nitrogens is 4. The van der Waals surface area contributed by atoms with Crippen LogP contribution >= 0.6 is 11.6 Å². The highest BCUT2D eigenvalue weighted by Crippen LogP contribution is 2.28. The Labute approximate surface area is 175 Å². The Bertz CT molecular complexity index is 1020. The van der Waals surface area contributed by atoms with Gasteiger partial charge in [-0.1, -0.05) is 23.7 Å². The number of hydrogen-bond acceptors (Lipinski definition) is 4. The number of rotatable bonds is 8. The molecule has 0 unspecified atom stereocenters. The van der Waals surface area contributed by atoms with E-state index in [9.17, 15) is 18.0 Å². The van der Waals surface area contributed by atoms with E-state index in [2.05, 4.69) is 15.5 Å². The largest absolute Gasteiger partial charge is 0.470 e. The van der Waals surface area contributed by atoms with E-state index in [-0.39, 0.29) is 31.4 Å². The van der Waals surface area contributed by atoms with Crippen molar-refractivity contribution in [1.29, 1.82) is 0 Å². The summed E-state index contributed by atoms with van der Waals surface area (Å²) in [4.78, 5) is 12.2. The first kappa shape index (κ1) is 21.7. The van der Waals surface area contributed by atoms with Crippen LogP contribution < -0.4 is 10.1 Å². The molecular weight excluding hydrogens is 423 g/mol. The lowest BCUT2D eigenvalue weighted by molar-refractivity contribution is -0.141. The summed E-state index contributed by atoms with van der Waals surface area (Å²) in [6.45, 7) is 2.15. The van der Waals surface area contributed by atoms with Gasteiger partial charge in [0.1, 0.15) is 11.4 Å². The Balaban J connectivity index is 1.45. The van der Waals surface area contributed by atoms with Crippen LogP contribution in [0.25, 0.3) is 0 Å². The highest BCUT2D eigenvalue weighted by Gasteiger charge is 2.34. The molecule has 3 aromatic rings. The van der Waals surface area contributed by atoms with E-state index in [1.54, 1.807) is 43.5 Å². The second-order valence-electron chi connectivity index (χ2n) is 6.45. The van der Waals surface area contributed by atoms with Crippen molar-refractivity contribution in [2.24, 2.45) is 0 Å². The molecule has 30 heavy (non-hydrogen) atoms. The number of carbonyl (C=O) groups excluding carboxylic acids is 1. The summed E-state index contributed by atoms with van der Waals surface area (Å²) >= 11 is 6.01. The van der Waals surface area contributed by atoms with Crippen molar-refractivity contribution in [2.75, 3.05) is 6.54 Å². The van der Waals surface area contributed by atoms with Gasteiger partial charge < -0.3 is 10.1 Å². The molecule has 160 valence electrons. The van der Waals surface area contributed by atoms with Crippen molar-refractivity contribution in [3.63, 3.8) is 0 Å². The minimum atomic E-state index is -4.47. The van der Waals surface area contributed by atoms with Crippen LogP contribution in [0.3, 0.4) is 0 Å². The van der Waals surface area contributed by atoms with E-state index in [0.717, 1.165) is 6.07 Å². The number of benzene rings is 1. The fourth-order valence-electron chi connectivity index (χ4n) is 2.65. The third kappa shape index (κ3) is 5.53. The van der Waals surface area contributed by atoms with Gasteiger partial charge in [0.2, 0.25) is 0 Å². The molecule has 0 radical (unpaired) electrons. The SMILES string of the molecule is Cc1cc(C(F)(F)F)nn1CCCNC(=O)c1ccn(COc2ccccc2Cl)n1. The van der Waals surface area contributed by atoms with Crippen molar-refractivity contribution >= 4 is 17.5 Å². The van der Waals surface area contributed by atoms with Gasteiger partial charge in [0.15, 0.2) is 12.4 Å². The molecule has 2 heterocycles. The van der Waals surface area contributed by atoms with E-state index in [0.29, 0.717) is 22.9 Å². The predicted octanol–water partition coefficient (Wildman–Crippen LogP) is 3.92. The first-order chi connectivity index (χ1) is 14.2. The summed E-state index contributed by atoms with van der Waals surface area (Å²) in [5.74, 6) is 0.114. The summed E-state index contributed by atoms with van der Waals surface area (Å²) < 4.78 is 46.3. The zero-order valence-corrected chi connectivity index (χ0v) is 16.7. The smallest absolute Gasteiger partial charge is 0.435 e. The number of carbonyl (C=O) groups is 1. The van der Waals surface area contributed by atoms with Crippen LogP contribution in [-0.4, -0.2) is 32.0 Å². The molecule has 1 aromatic carbocycles. The number of para-hydroxylation sites is 1. The average molecular weight is 442 g/mol. The maximum absolute atomic E-state index is 12.7. The molecule has 0 spiro atoms. The van der Waals surface area contributed by atoms with Gasteiger partial charge in [-0.25, -0.2) is 4.68 Å². The van der Waals surface area contributed by atoms with Crippen LogP contribution in [-0.2, 0) is 19.5 Å². The average Bonchev–Trinajstić information content (AvgIpc) is 3.31. The number of aryl methyl sites for hydroxylation is 2. The van der Waals surface area contributed by atoms with Crippen LogP contribution in [0, 0.1) is 6.92 Å². The number of halogens is 4. The van der Waals surface area contributed by atoms with Crippen molar-refractivity contribution < 1.29 is 22.7 Å². The summed E-state index contributed by atoms with van der Waals surface area (Å²) in [5.41, 5.74) is -0.313. The molecule has 7 nitrogen and oxygen atoms in total. The Morgan fingerprint density at radius 1 is 1.23 bits per heavy atom. The summed E-state index contributed by atoms with van der Waals surface area (Å²) in [6, 6.07) is 9.53. The topological polar surface area (TPSA) is 74.0 Å². The van der Waals surface area contributed by atoms with Gasteiger partial charge in [-0.05, 0) is 37.6 Å². The number of hydrogen-bond donors (Lipinski definition) is 1. The molecule has 0 aliphatic rings. The zero-order valence-electron chi connectivity index (χ0n) is 16.0. The van der Waals surface area contributed by atoms with Crippen molar-refractivity contribution in [2.45, 2.75) is 32.8 Å². The fourth-order valence-corrected chi connectivity index (χ4v) is 2.84. The van der Waals surface area contributed by atoms with Gasteiger partial charge >= 0.3 is 6.18 Å². The number of amides is 1. The van der Waals surface area contributed by atoms with E-state index in [4.69, 9.17) is 16.3 Å². The maximum Gasteiger partial charge on any atom is 0.435 e. The van der Waals surface area contributed by atoms with Gasteiger partial charge in [0, 0.05) is 25.0 Å². The van der Waals surface area contributed by atoms with Gasteiger partial charge in [-0.15, -0.1) is 0 Å². The van der Waals surface area contributed by atoms with Crippen molar-refractivity contribution in [3.05, 3.63) is 64.7 Å². The summed E-state index contributed by atoms with van der Waals surface area (Å²) in [6.07, 6.45) is -2.46. The van der Waals surface area contributed by atoms with Crippen LogP contribution in [0.2, 0.25) is 5.02 Å². The molecule has 3 rings (SSSR count). The summed E-state index contributed by atoms with van der Waals surface area (Å²) in [7, 11) is 0. The number of nitrogens with one attached hydrogen (secondary N) is 1. The molecule has 1 N–H and O–H groups in total. The molecule has 0 fully saturated rings. The maximum atomic E-state index is 12.7. The van der Waals surface area contributed by atoms with Crippen LogP contribution in [0.5, 0.6) is 5.75 Å². The molecule has 0 bridgehead atoms. The van der Waals surface area contributed by atoms with Crippen molar-refractivity contribution in [3.8, 4) is 5.75 Å². The monoisotopic (exact) mass is 441 g/mol. The first-order valence-corrected chi connectivity index (χ1v) is 9.42. The lowest BCUT2D eigenvalue weighted by atomic mass is 10.3. The number of nitrogens with zero attached hydrogens (tertiary/aromatic N) is 4. The van der Waals surface area contributed by atoms with Crippen LogP contribution in [0.4, 0.5) is 13.2 Å². The molecule has 2 aromatic heterocycles. The third-order valence-electron chi connectivity index (χ3n) is 4.17. The van der Waals surface area contributed by atoms with E-state index >= 15 is 0 Å². The van der Waals surface area contributed by atoms with Gasteiger partial charge in [0.25, 0.3) is 5.91 Å². The van der Waals surface area contributed by atoms with Crippen LogP contribution in [0.1, 0.15) is 28.3 Å². The Kier molecular flexibility index (Phi) is 6.66.